The van der Waals surface area contributed by atoms with Gasteiger partial charge in [-0.05, 0) is 30.9 Å². The van der Waals surface area contributed by atoms with Gasteiger partial charge in [0.25, 0.3) is 0 Å². The fourth-order valence-electron chi connectivity index (χ4n) is 2.47. The summed E-state index contributed by atoms with van der Waals surface area (Å²) in [5.41, 5.74) is 1.15. The van der Waals surface area contributed by atoms with Crippen molar-refractivity contribution in [2.24, 2.45) is 0 Å². The van der Waals surface area contributed by atoms with Crippen LogP contribution in [0, 0.1) is 0 Å². The summed E-state index contributed by atoms with van der Waals surface area (Å²) < 4.78 is 37.0. The standard InChI is InChI=1S/C13H16F3N/c14-13(15,16)9-12-8-11(6-7-17-12)10-4-2-1-3-5-10/h1-5,11-12,17H,6-9H2. The third-order valence-corrected chi connectivity index (χ3v) is 3.24. The molecule has 1 fully saturated rings. The van der Waals surface area contributed by atoms with Crippen LogP contribution in [0.1, 0.15) is 30.7 Å². The van der Waals surface area contributed by atoms with E-state index in [1.165, 1.54) is 0 Å². The molecule has 0 spiro atoms. The molecule has 1 nitrogen and oxygen atoms in total. The average Bonchev–Trinajstić information content (AvgIpc) is 2.28. The number of halogens is 3. The van der Waals surface area contributed by atoms with E-state index in [2.05, 4.69) is 5.32 Å². The monoisotopic (exact) mass is 243 g/mol. The van der Waals surface area contributed by atoms with Crippen LogP contribution in [0.3, 0.4) is 0 Å². The Morgan fingerprint density at radius 3 is 2.53 bits per heavy atom. The predicted octanol–water partition coefficient (Wildman–Crippen LogP) is 3.47. The zero-order valence-corrected chi connectivity index (χ0v) is 9.50. The number of benzene rings is 1. The summed E-state index contributed by atoms with van der Waals surface area (Å²) in [4.78, 5) is 0. The second kappa shape index (κ2) is 5.08. The Balaban J connectivity index is 1.98. The van der Waals surface area contributed by atoms with Gasteiger partial charge in [-0.3, -0.25) is 0 Å². The Kier molecular flexibility index (Phi) is 3.72. The van der Waals surface area contributed by atoms with Crippen molar-refractivity contribution in [2.75, 3.05) is 6.54 Å². The SMILES string of the molecule is FC(F)(F)CC1CC(c2ccccc2)CCN1. The predicted molar refractivity (Wildman–Crippen MR) is 60.9 cm³/mol. The summed E-state index contributed by atoms with van der Waals surface area (Å²) >= 11 is 0. The molecule has 0 aliphatic carbocycles. The molecule has 1 aliphatic heterocycles. The Bertz CT molecular complexity index is 347. The van der Waals surface area contributed by atoms with E-state index < -0.39 is 18.6 Å². The maximum Gasteiger partial charge on any atom is 0.390 e. The number of hydrogen-bond donors (Lipinski definition) is 1. The van der Waals surface area contributed by atoms with E-state index in [0.717, 1.165) is 12.0 Å². The smallest absolute Gasteiger partial charge is 0.314 e. The van der Waals surface area contributed by atoms with Gasteiger partial charge in [0.1, 0.15) is 0 Å². The first-order valence-electron chi connectivity index (χ1n) is 5.90. The van der Waals surface area contributed by atoms with Crippen molar-refractivity contribution in [3.63, 3.8) is 0 Å². The Morgan fingerprint density at radius 1 is 1.18 bits per heavy atom. The van der Waals surface area contributed by atoms with E-state index in [4.69, 9.17) is 0 Å². The molecule has 1 aromatic rings. The highest BCUT2D eigenvalue weighted by molar-refractivity contribution is 5.20. The van der Waals surface area contributed by atoms with Crippen LogP contribution in [-0.4, -0.2) is 18.8 Å². The van der Waals surface area contributed by atoms with Gasteiger partial charge in [-0.2, -0.15) is 13.2 Å². The Hall–Kier alpha value is -1.03. The number of alkyl halides is 3. The topological polar surface area (TPSA) is 12.0 Å². The molecular formula is C13H16F3N. The minimum Gasteiger partial charge on any atom is -0.314 e. The molecule has 1 aromatic carbocycles. The fraction of sp³-hybridized carbons (Fsp3) is 0.538. The van der Waals surface area contributed by atoms with Crippen molar-refractivity contribution >= 4 is 0 Å². The number of nitrogens with one attached hydrogen (secondary N) is 1. The lowest BCUT2D eigenvalue weighted by Gasteiger charge is -2.31. The zero-order chi connectivity index (χ0) is 12.3. The van der Waals surface area contributed by atoms with Crippen LogP contribution in [-0.2, 0) is 0 Å². The summed E-state index contributed by atoms with van der Waals surface area (Å²) in [6, 6.07) is 9.37. The van der Waals surface area contributed by atoms with Crippen molar-refractivity contribution in [3.8, 4) is 0 Å². The summed E-state index contributed by atoms with van der Waals surface area (Å²) in [6.45, 7) is 0.667. The molecule has 1 N–H and O–H groups in total. The molecule has 2 atom stereocenters. The second-order valence-electron chi connectivity index (χ2n) is 4.60. The third-order valence-electron chi connectivity index (χ3n) is 3.24. The second-order valence-corrected chi connectivity index (χ2v) is 4.60. The van der Waals surface area contributed by atoms with Crippen LogP contribution < -0.4 is 5.32 Å². The van der Waals surface area contributed by atoms with Gasteiger partial charge >= 0.3 is 6.18 Å². The van der Waals surface area contributed by atoms with Crippen molar-refractivity contribution in [1.29, 1.82) is 0 Å². The van der Waals surface area contributed by atoms with E-state index in [1.807, 2.05) is 30.3 Å². The Labute approximate surface area is 99.0 Å². The van der Waals surface area contributed by atoms with Gasteiger partial charge in [-0.25, -0.2) is 0 Å². The first-order chi connectivity index (χ1) is 8.04. The Morgan fingerprint density at radius 2 is 1.88 bits per heavy atom. The summed E-state index contributed by atoms with van der Waals surface area (Å²) in [5.74, 6) is 0.254. The van der Waals surface area contributed by atoms with E-state index in [9.17, 15) is 13.2 Å². The summed E-state index contributed by atoms with van der Waals surface area (Å²) in [5, 5.41) is 2.96. The molecule has 2 unspecified atom stereocenters. The minimum atomic E-state index is -4.07. The summed E-state index contributed by atoms with van der Waals surface area (Å²) in [7, 11) is 0. The largest absolute Gasteiger partial charge is 0.390 e. The molecule has 0 bridgehead atoms. The van der Waals surface area contributed by atoms with Crippen molar-refractivity contribution in [3.05, 3.63) is 35.9 Å². The molecule has 0 radical (unpaired) electrons. The molecule has 2 rings (SSSR count). The van der Waals surface area contributed by atoms with Crippen molar-refractivity contribution in [1.82, 2.24) is 5.32 Å². The number of hydrogen-bond acceptors (Lipinski definition) is 1. The lowest BCUT2D eigenvalue weighted by atomic mass is 9.85. The van der Waals surface area contributed by atoms with Crippen LogP contribution in [0.25, 0.3) is 0 Å². The molecule has 17 heavy (non-hydrogen) atoms. The molecule has 1 aliphatic rings. The van der Waals surface area contributed by atoms with Gasteiger partial charge in [-0.15, -0.1) is 0 Å². The average molecular weight is 243 g/mol. The molecular weight excluding hydrogens is 227 g/mol. The van der Waals surface area contributed by atoms with Crippen LogP contribution in [0.2, 0.25) is 0 Å². The lowest BCUT2D eigenvalue weighted by Crippen LogP contribution is -2.40. The van der Waals surface area contributed by atoms with E-state index in [0.29, 0.717) is 13.0 Å². The highest BCUT2D eigenvalue weighted by Crippen LogP contribution is 2.32. The van der Waals surface area contributed by atoms with Crippen LogP contribution in [0.4, 0.5) is 13.2 Å². The molecule has 1 saturated heterocycles. The van der Waals surface area contributed by atoms with E-state index in [-0.39, 0.29) is 5.92 Å². The maximum atomic E-state index is 12.3. The quantitative estimate of drug-likeness (QED) is 0.838. The molecule has 0 amide bonds. The van der Waals surface area contributed by atoms with Gasteiger partial charge < -0.3 is 5.32 Å². The van der Waals surface area contributed by atoms with Gasteiger partial charge in [-0.1, -0.05) is 30.3 Å². The molecule has 94 valence electrons. The van der Waals surface area contributed by atoms with Crippen LogP contribution in [0.5, 0.6) is 0 Å². The highest BCUT2D eigenvalue weighted by Gasteiger charge is 2.34. The highest BCUT2D eigenvalue weighted by atomic mass is 19.4. The molecule has 4 heteroatoms. The normalized spacial score (nSPS) is 25.8. The first-order valence-corrected chi connectivity index (χ1v) is 5.90. The van der Waals surface area contributed by atoms with E-state index in [1.54, 1.807) is 0 Å². The molecule has 0 saturated carbocycles. The maximum absolute atomic E-state index is 12.3. The lowest BCUT2D eigenvalue weighted by molar-refractivity contribution is -0.141. The van der Waals surface area contributed by atoms with Gasteiger partial charge in [0.05, 0.1) is 6.42 Å². The minimum absolute atomic E-state index is 0.254. The van der Waals surface area contributed by atoms with Gasteiger partial charge in [0.15, 0.2) is 0 Å². The van der Waals surface area contributed by atoms with Crippen LogP contribution >= 0.6 is 0 Å². The van der Waals surface area contributed by atoms with Crippen molar-refractivity contribution < 1.29 is 13.2 Å². The number of piperidine rings is 1. The van der Waals surface area contributed by atoms with Crippen molar-refractivity contribution in [2.45, 2.75) is 37.4 Å². The zero-order valence-electron chi connectivity index (χ0n) is 9.50. The fourth-order valence-corrected chi connectivity index (χ4v) is 2.47. The summed E-state index contributed by atoms with van der Waals surface area (Å²) in [6.07, 6.45) is -3.31. The van der Waals surface area contributed by atoms with E-state index >= 15 is 0 Å². The van der Waals surface area contributed by atoms with Gasteiger partial charge in [0.2, 0.25) is 0 Å². The first kappa shape index (κ1) is 12.4. The third kappa shape index (κ3) is 3.73. The number of rotatable bonds is 2. The molecule has 1 heterocycles. The van der Waals surface area contributed by atoms with Crippen LogP contribution in [0.15, 0.2) is 30.3 Å². The van der Waals surface area contributed by atoms with Gasteiger partial charge in [0, 0.05) is 6.04 Å². The molecule has 0 aromatic heterocycles.